The number of anilines is 3. The number of nitrogen functional groups attached to an aromatic ring is 1. The third-order valence-corrected chi connectivity index (χ3v) is 2.17. The number of H-pyrrole nitrogens is 1. The van der Waals surface area contributed by atoms with Crippen molar-refractivity contribution in [3.8, 4) is 0 Å². The zero-order valence-electron chi connectivity index (χ0n) is 9.15. The topological polar surface area (TPSA) is 105 Å². The Morgan fingerprint density at radius 1 is 1.53 bits per heavy atom. The van der Waals surface area contributed by atoms with Gasteiger partial charge in [0.1, 0.15) is 5.69 Å². The van der Waals surface area contributed by atoms with E-state index in [1.807, 2.05) is 0 Å². The van der Waals surface area contributed by atoms with Crippen LogP contribution in [0, 0.1) is 0 Å². The number of hydrogen-bond acceptors (Lipinski definition) is 6. The van der Waals surface area contributed by atoms with Crippen LogP contribution in [-0.2, 0) is 4.74 Å². The van der Waals surface area contributed by atoms with Gasteiger partial charge in [-0.25, -0.2) is 0 Å². The molecule has 0 saturated heterocycles. The molecule has 0 spiro atoms. The zero-order chi connectivity index (χ0) is 10.8. The SMILES string of the molecule is COCC1CNc2nc(N)[nH]c(=O)c2N1.Cl.Cl. The van der Waals surface area contributed by atoms with Gasteiger partial charge in [0.05, 0.1) is 12.6 Å². The van der Waals surface area contributed by atoms with Crippen molar-refractivity contribution in [3.05, 3.63) is 10.4 Å². The first kappa shape index (κ1) is 15.8. The Hall–Kier alpha value is -1.18. The molecule has 9 heteroatoms. The highest BCUT2D eigenvalue weighted by molar-refractivity contribution is 5.85. The molecular formula is C8H15Cl2N5O2. The molecule has 1 aromatic rings. The lowest BCUT2D eigenvalue weighted by molar-refractivity contribution is 0.188. The van der Waals surface area contributed by atoms with Gasteiger partial charge in [0.15, 0.2) is 5.82 Å². The smallest absolute Gasteiger partial charge is 0.277 e. The lowest BCUT2D eigenvalue weighted by Gasteiger charge is -2.26. The highest BCUT2D eigenvalue weighted by Crippen LogP contribution is 2.19. The molecular weight excluding hydrogens is 269 g/mol. The maximum atomic E-state index is 11.5. The van der Waals surface area contributed by atoms with E-state index in [1.165, 1.54) is 0 Å². The van der Waals surface area contributed by atoms with Gasteiger partial charge in [0, 0.05) is 13.7 Å². The summed E-state index contributed by atoms with van der Waals surface area (Å²) in [5, 5.41) is 6.07. The Labute approximate surface area is 110 Å². The predicted molar refractivity (Wildman–Crippen MR) is 71.5 cm³/mol. The van der Waals surface area contributed by atoms with Gasteiger partial charge in [-0.1, -0.05) is 0 Å². The summed E-state index contributed by atoms with van der Waals surface area (Å²) in [6, 6.07) is 0.0639. The van der Waals surface area contributed by atoms with E-state index in [2.05, 4.69) is 20.6 Å². The van der Waals surface area contributed by atoms with Crippen LogP contribution in [0.4, 0.5) is 17.5 Å². The van der Waals surface area contributed by atoms with E-state index in [9.17, 15) is 4.79 Å². The van der Waals surface area contributed by atoms with Crippen molar-refractivity contribution in [1.82, 2.24) is 9.97 Å². The van der Waals surface area contributed by atoms with Gasteiger partial charge in [-0.15, -0.1) is 24.8 Å². The molecule has 1 unspecified atom stereocenters. The largest absolute Gasteiger partial charge is 0.382 e. The minimum Gasteiger partial charge on any atom is -0.382 e. The van der Waals surface area contributed by atoms with Crippen LogP contribution in [0.3, 0.4) is 0 Å². The van der Waals surface area contributed by atoms with E-state index in [1.54, 1.807) is 7.11 Å². The molecule has 0 aromatic carbocycles. The number of nitrogens with one attached hydrogen (secondary N) is 3. The lowest BCUT2D eigenvalue weighted by atomic mass is 10.2. The summed E-state index contributed by atoms with van der Waals surface area (Å²) in [5.41, 5.74) is 5.56. The Bertz CT molecular complexity index is 425. The third-order valence-electron chi connectivity index (χ3n) is 2.17. The molecule has 1 aliphatic heterocycles. The molecule has 1 aliphatic rings. The second kappa shape index (κ2) is 6.53. The van der Waals surface area contributed by atoms with Crippen LogP contribution in [0.1, 0.15) is 0 Å². The number of methoxy groups -OCH3 is 1. The van der Waals surface area contributed by atoms with E-state index in [0.29, 0.717) is 24.7 Å². The van der Waals surface area contributed by atoms with Gasteiger partial charge in [0.2, 0.25) is 5.95 Å². The summed E-state index contributed by atoms with van der Waals surface area (Å²) in [5.74, 6) is 0.599. The molecule has 0 amide bonds. The van der Waals surface area contributed by atoms with Crippen LogP contribution in [0.15, 0.2) is 4.79 Å². The summed E-state index contributed by atoms with van der Waals surface area (Å²) >= 11 is 0. The number of aromatic amines is 1. The molecule has 1 aromatic heterocycles. The van der Waals surface area contributed by atoms with E-state index < -0.39 is 0 Å². The van der Waals surface area contributed by atoms with Crippen molar-refractivity contribution in [3.63, 3.8) is 0 Å². The Morgan fingerprint density at radius 3 is 2.88 bits per heavy atom. The molecule has 0 aliphatic carbocycles. The molecule has 2 heterocycles. The van der Waals surface area contributed by atoms with Crippen LogP contribution in [0.2, 0.25) is 0 Å². The fourth-order valence-corrected chi connectivity index (χ4v) is 1.53. The number of rotatable bonds is 2. The summed E-state index contributed by atoms with van der Waals surface area (Å²) < 4.78 is 5.00. The van der Waals surface area contributed by atoms with Crippen molar-refractivity contribution in [2.24, 2.45) is 0 Å². The summed E-state index contributed by atoms with van der Waals surface area (Å²) in [6.45, 7) is 1.17. The summed E-state index contributed by atoms with van der Waals surface area (Å²) in [6.07, 6.45) is 0. The maximum Gasteiger partial charge on any atom is 0.277 e. The Morgan fingerprint density at radius 2 is 2.24 bits per heavy atom. The van der Waals surface area contributed by atoms with E-state index in [0.717, 1.165) is 0 Å². The second-order valence-electron chi connectivity index (χ2n) is 3.35. The second-order valence-corrected chi connectivity index (χ2v) is 3.35. The average molecular weight is 284 g/mol. The molecule has 0 bridgehead atoms. The normalized spacial score (nSPS) is 16.6. The monoisotopic (exact) mass is 283 g/mol. The summed E-state index contributed by atoms with van der Waals surface area (Å²) in [7, 11) is 1.61. The van der Waals surface area contributed by atoms with Crippen LogP contribution in [0.25, 0.3) is 0 Å². The minimum atomic E-state index is -0.272. The number of aromatic nitrogens is 2. The first-order valence-electron chi connectivity index (χ1n) is 4.60. The molecule has 5 N–H and O–H groups in total. The van der Waals surface area contributed by atoms with Crippen LogP contribution >= 0.6 is 24.8 Å². The molecule has 17 heavy (non-hydrogen) atoms. The maximum absolute atomic E-state index is 11.5. The van der Waals surface area contributed by atoms with Gasteiger partial charge in [-0.3, -0.25) is 9.78 Å². The van der Waals surface area contributed by atoms with Gasteiger partial charge < -0.3 is 21.1 Å². The van der Waals surface area contributed by atoms with Gasteiger partial charge >= 0.3 is 0 Å². The quantitative estimate of drug-likeness (QED) is 0.611. The van der Waals surface area contributed by atoms with Crippen LogP contribution in [-0.4, -0.2) is 36.3 Å². The average Bonchev–Trinajstić information content (AvgIpc) is 2.19. The lowest BCUT2D eigenvalue weighted by Crippen LogP contribution is -2.39. The Kier molecular flexibility index (Phi) is 6.08. The molecule has 98 valence electrons. The van der Waals surface area contributed by atoms with Crippen molar-refractivity contribution in [2.45, 2.75) is 6.04 Å². The van der Waals surface area contributed by atoms with Crippen LogP contribution < -0.4 is 21.9 Å². The Balaban J connectivity index is 0.00000128. The van der Waals surface area contributed by atoms with E-state index >= 15 is 0 Å². The summed E-state index contributed by atoms with van der Waals surface area (Å²) in [4.78, 5) is 17.9. The first-order valence-corrected chi connectivity index (χ1v) is 4.60. The minimum absolute atomic E-state index is 0. The number of nitrogens with zero attached hydrogens (tertiary/aromatic N) is 1. The molecule has 7 nitrogen and oxygen atoms in total. The van der Waals surface area contributed by atoms with E-state index in [-0.39, 0.29) is 42.4 Å². The van der Waals surface area contributed by atoms with Crippen molar-refractivity contribution >= 4 is 42.3 Å². The number of halogens is 2. The highest BCUT2D eigenvalue weighted by atomic mass is 35.5. The van der Waals surface area contributed by atoms with Crippen molar-refractivity contribution in [1.29, 1.82) is 0 Å². The number of ether oxygens (including phenoxy) is 1. The van der Waals surface area contributed by atoms with Crippen molar-refractivity contribution in [2.75, 3.05) is 36.6 Å². The number of hydrogen-bond donors (Lipinski definition) is 4. The molecule has 0 saturated carbocycles. The van der Waals surface area contributed by atoms with Gasteiger partial charge in [-0.05, 0) is 0 Å². The molecule has 0 fully saturated rings. The zero-order valence-corrected chi connectivity index (χ0v) is 10.8. The van der Waals surface area contributed by atoms with E-state index in [4.69, 9.17) is 10.5 Å². The fourth-order valence-electron chi connectivity index (χ4n) is 1.53. The predicted octanol–water partition coefficient (Wildman–Crippen LogP) is 0.0481. The van der Waals surface area contributed by atoms with Gasteiger partial charge in [-0.2, -0.15) is 4.98 Å². The fraction of sp³-hybridized carbons (Fsp3) is 0.500. The molecule has 0 radical (unpaired) electrons. The van der Waals surface area contributed by atoms with Crippen molar-refractivity contribution < 1.29 is 4.74 Å². The number of nitrogens with two attached hydrogens (primary N) is 1. The standard InChI is InChI=1S/C8H13N5O2.2ClH/c1-15-3-4-2-10-6-5(11-4)7(14)13-8(9)12-6;;/h4,11H,2-3H2,1H3,(H4,9,10,12,13,14);2*1H. The third kappa shape index (κ3) is 3.39. The van der Waals surface area contributed by atoms with Gasteiger partial charge in [0.25, 0.3) is 5.56 Å². The number of fused-ring (bicyclic) bond motifs is 1. The molecule has 1 atom stereocenters. The highest BCUT2D eigenvalue weighted by Gasteiger charge is 2.20. The van der Waals surface area contributed by atoms with Crippen LogP contribution in [0.5, 0.6) is 0 Å². The molecule has 2 rings (SSSR count). The first-order chi connectivity index (χ1) is 7.20.